The normalized spacial score (nSPS) is 17.7. The first kappa shape index (κ1) is 16.8. The Morgan fingerprint density at radius 2 is 2.17 bits per heavy atom. The van der Waals surface area contributed by atoms with E-state index < -0.39 is 0 Å². The van der Waals surface area contributed by atoms with Gasteiger partial charge in [0.1, 0.15) is 11.9 Å². The number of likely N-dealkylation sites (tertiary alicyclic amines) is 1. The van der Waals surface area contributed by atoms with Crippen LogP contribution in [0.4, 0.5) is 10.1 Å². The minimum atomic E-state index is -0.228. The second-order valence-electron chi connectivity index (χ2n) is 6.24. The lowest BCUT2D eigenvalue weighted by Gasteiger charge is -2.31. The van der Waals surface area contributed by atoms with Crippen molar-refractivity contribution in [1.82, 2.24) is 4.90 Å². The van der Waals surface area contributed by atoms with Crippen LogP contribution in [0.15, 0.2) is 42.5 Å². The van der Waals surface area contributed by atoms with Gasteiger partial charge in [-0.05, 0) is 55.9 Å². The highest BCUT2D eigenvalue weighted by atomic mass is 35.5. The van der Waals surface area contributed by atoms with Crippen LogP contribution in [0.2, 0.25) is 5.02 Å². The van der Waals surface area contributed by atoms with Gasteiger partial charge in [-0.3, -0.25) is 0 Å². The van der Waals surface area contributed by atoms with E-state index in [4.69, 9.17) is 16.9 Å². The quantitative estimate of drug-likeness (QED) is 0.838. The topological polar surface area (TPSA) is 30.3 Å². The van der Waals surface area contributed by atoms with Crippen LogP contribution in [0, 0.1) is 17.1 Å². The zero-order valence-corrected chi connectivity index (χ0v) is 14.3. The lowest BCUT2D eigenvalue weighted by atomic mass is 10.1. The predicted molar refractivity (Wildman–Crippen MR) is 94.7 cm³/mol. The Labute approximate surface area is 146 Å². The molecule has 5 heteroatoms. The maximum atomic E-state index is 13.5. The van der Waals surface area contributed by atoms with Crippen LogP contribution in [0.1, 0.15) is 17.5 Å². The molecule has 2 aromatic carbocycles. The summed E-state index contributed by atoms with van der Waals surface area (Å²) in [4.78, 5) is 4.54. The van der Waals surface area contributed by atoms with Crippen molar-refractivity contribution in [3.05, 3.63) is 64.4 Å². The Morgan fingerprint density at radius 3 is 2.79 bits per heavy atom. The number of rotatable bonds is 4. The largest absolute Gasteiger partial charge is 0.363 e. The number of benzene rings is 2. The predicted octanol–water partition coefficient (Wildman–Crippen LogP) is 4.06. The molecular formula is C19H19ClFN3. The fraction of sp³-hybridized carbons (Fsp3) is 0.316. The van der Waals surface area contributed by atoms with Gasteiger partial charge >= 0.3 is 0 Å². The van der Waals surface area contributed by atoms with E-state index in [1.165, 1.54) is 6.07 Å². The third kappa shape index (κ3) is 3.69. The lowest BCUT2D eigenvalue weighted by Crippen LogP contribution is -2.36. The van der Waals surface area contributed by atoms with Crippen molar-refractivity contribution in [3.8, 4) is 6.07 Å². The highest BCUT2D eigenvalue weighted by Crippen LogP contribution is 2.29. The molecule has 0 unspecified atom stereocenters. The van der Waals surface area contributed by atoms with Crippen molar-refractivity contribution in [1.29, 1.82) is 5.26 Å². The first-order valence-corrected chi connectivity index (χ1v) is 8.34. The van der Waals surface area contributed by atoms with Gasteiger partial charge in [0, 0.05) is 24.8 Å². The number of halogens is 2. The first-order valence-electron chi connectivity index (χ1n) is 7.96. The Bertz CT molecular complexity index is 771. The fourth-order valence-electron chi connectivity index (χ4n) is 3.20. The minimum Gasteiger partial charge on any atom is -0.363 e. The maximum Gasteiger partial charge on any atom is 0.123 e. The van der Waals surface area contributed by atoms with Crippen LogP contribution in [0.25, 0.3) is 0 Å². The monoisotopic (exact) mass is 343 g/mol. The number of hydrogen-bond acceptors (Lipinski definition) is 3. The molecule has 3 rings (SSSR count). The van der Waals surface area contributed by atoms with Gasteiger partial charge in [-0.25, -0.2) is 4.39 Å². The van der Waals surface area contributed by atoms with Crippen LogP contribution < -0.4 is 4.90 Å². The Balaban J connectivity index is 1.93. The molecule has 0 aromatic heterocycles. The summed E-state index contributed by atoms with van der Waals surface area (Å²) in [5, 5.41) is 9.51. The zero-order valence-electron chi connectivity index (χ0n) is 13.5. The van der Waals surface area contributed by atoms with E-state index in [-0.39, 0.29) is 5.82 Å². The van der Waals surface area contributed by atoms with Gasteiger partial charge < -0.3 is 9.80 Å². The summed E-state index contributed by atoms with van der Waals surface area (Å²) in [5.74, 6) is -0.228. The van der Waals surface area contributed by atoms with Crippen LogP contribution in [-0.4, -0.2) is 31.1 Å². The van der Waals surface area contributed by atoms with Gasteiger partial charge in [-0.1, -0.05) is 23.7 Å². The smallest absolute Gasteiger partial charge is 0.123 e. The van der Waals surface area contributed by atoms with Crippen LogP contribution in [-0.2, 0) is 6.54 Å². The molecule has 2 aromatic rings. The van der Waals surface area contributed by atoms with E-state index >= 15 is 0 Å². The van der Waals surface area contributed by atoms with Crippen molar-refractivity contribution in [2.24, 2.45) is 0 Å². The average Bonchev–Trinajstić information content (AvgIpc) is 2.99. The highest BCUT2D eigenvalue weighted by Gasteiger charge is 2.26. The van der Waals surface area contributed by atoms with Gasteiger partial charge in [-0.2, -0.15) is 5.26 Å². The van der Waals surface area contributed by atoms with Crippen molar-refractivity contribution in [2.45, 2.75) is 19.0 Å². The lowest BCUT2D eigenvalue weighted by molar-refractivity contribution is 0.407. The molecular weight excluding hydrogens is 325 g/mol. The van der Waals surface area contributed by atoms with E-state index in [2.05, 4.69) is 22.9 Å². The summed E-state index contributed by atoms with van der Waals surface area (Å²) in [6.07, 6.45) is 1.05. The SMILES string of the molecule is CN1CC[C@H](N(Cc2cccc(F)c2)c2ccc(C#N)c(Cl)c2)C1. The standard InChI is InChI=1S/C19H19ClFN3/c1-23-8-7-18(13-23)24(12-14-3-2-4-16(21)9-14)17-6-5-15(11-22)19(20)10-17/h2-6,9-10,18H,7-8,12-13H2,1H3/t18-/m0/s1. The molecule has 1 heterocycles. The molecule has 0 bridgehead atoms. The van der Waals surface area contributed by atoms with Gasteiger partial charge in [-0.15, -0.1) is 0 Å². The van der Waals surface area contributed by atoms with Crippen LogP contribution in [0.3, 0.4) is 0 Å². The Kier molecular flexibility index (Phi) is 5.03. The number of nitrogens with zero attached hydrogens (tertiary/aromatic N) is 3. The van der Waals surface area contributed by atoms with Crippen LogP contribution >= 0.6 is 11.6 Å². The third-order valence-corrected chi connectivity index (χ3v) is 4.77. The average molecular weight is 344 g/mol. The maximum absolute atomic E-state index is 13.5. The zero-order chi connectivity index (χ0) is 17.1. The van der Waals surface area contributed by atoms with Crippen LogP contribution in [0.5, 0.6) is 0 Å². The van der Waals surface area contributed by atoms with Gasteiger partial charge in [0.25, 0.3) is 0 Å². The van der Waals surface area contributed by atoms with E-state index in [0.29, 0.717) is 23.2 Å². The molecule has 0 saturated carbocycles. The number of likely N-dealkylation sites (N-methyl/N-ethyl adjacent to an activating group) is 1. The van der Waals surface area contributed by atoms with Crippen molar-refractivity contribution < 1.29 is 4.39 Å². The molecule has 1 aliphatic rings. The minimum absolute atomic E-state index is 0.228. The van der Waals surface area contributed by atoms with E-state index in [1.54, 1.807) is 18.2 Å². The van der Waals surface area contributed by atoms with Crippen molar-refractivity contribution >= 4 is 17.3 Å². The van der Waals surface area contributed by atoms with Gasteiger partial charge in [0.15, 0.2) is 0 Å². The molecule has 0 radical (unpaired) electrons. The van der Waals surface area contributed by atoms with Gasteiger partial charge in [0.05, 0.1) is 10.6 Å². The van der Waals surface area contributed by atoms with Crippen molar-refractivity contribution in [3.63, 3.8) is 0 Å². The number of hydrogen-bond donors (Lipinski definition) is 0. The Morgan fingerprint density at radius 1 is 1.33 bits per heavy atom. The summed E-state index contributed by atoms with van der Waals surface area (Å²) in [7, 11) is 2.10. The highest BCUT2D eigenvalue weighted by molar-refractivity contribution is 6.32. The summed E-state index contributed by atoms with van der Waals surface area (Å²) < 4.78 is 13.5. The van der Waals surface area contributed by atoms with E-state index in [0.717, 1.165) is 30.8 Å². The second-order valence-corrected chi connectivity index (χ2v) is 6.65. The molecule has 1 fully saturated rings. The van der Waals surface area contributed by atoms with E-state index in [1.807, 2.05) is 18.2 Å². The molecule has 3 nitrogen and oxygen atoms in total. The van der Waals surface area contributed by atoms with Gasteiger partial charge in [0.2, 0.25) is 0 Å². The third-order valence-electron chi connectivity index (χ3n) is 4.45. The molecule has 0 N–H and O–H groups in total. The number of nitriles is 1. The summed E-state index contributed by atoms with van der Waals surface area (Å²) in [6.45, 7) is 2.60. The molecule has 24 heavy (non-hydrogen) atoms. The molecule has 1 saturated heterocycles. The molecule has 124 valence electrons. The molecule has 0 aliphatic carbocycles. The summed E-state index contributed by atoms with van der Waals surface area (Å²) in [6, 6.07) is 14.6. The molecule has 1 atom stereocenters. The Hall–Kier alpha value is -2.09. The van der Waals surface area contributed by atoms with E-state index in [9.17, 15) is 4.39 Å². The molecule has 0 amide bonds. The fourth-order valence-corrected chi connectivity index (χ4v) is 3.42. The second kappa shape index (κ2) is 7.21. The summed E-state index contributed by atoms with van der Waals surface area (Å²) >= 11 is 6.22. The molecule has 0 spiro atoms. The summed E-state index contributed by atoms with van der Waals surface area (Å²) in [5.41, 5.74) is 2.35. The first-order chi connectivity index (χ1) is 11.6. The van der Waals surface area contributed by atoms with Crippen molar-refractivity contribution in [2.75, 3.05) is 25.0 Å². The molecule has 1 aliphatic heterocycles. The number of anilines is 1.